The summed E-state index contributed by atoms with van der Waals surface area (Å²) < 4.78 is 0. The number of benzene rings is 1. The molecule has 0 saturated heterocycles. The van der Waals surface area contributed by atoms with Gasteiger partial charge in [0.2, 0.25) is 0 Å². The highest BCUT2D eigenvalue weighted by atomic mass is 32.2. The molecule has 1 heterocycles. The van der Waals surface area contributed by atoms with Gasteiger partial charge >= 0.3 is 5.69 Å². The molecule has 1 fully saturated rings. The SMILES string of the molecule is CCSCCN(C(=O)c1nc(=O)[nH]c2ccccc12)C1CCCCC1. The molecule has 0 radical (unpaired) electrons. The molecule has 134 valence electrons. The van der Waals surface area contributed by atoms with Crippen molar-refractivity contribution in [1.82, 2.24) is 14.9 Å². The number of fused-ring (bicyclic) bond motifs is 1. The van der Waals surface area contributed by atoms with Gasteiger partial charge in [0, 0.05) is 23.7 Å². The summed E-state index contributed by atoms with van der Waals surface area (Å²) in [4.78, 5) is 34.0. The average molecular weight is 359 g/mol. The molecule has 1 aliphatic rings. The third kappa shape index (κ3) is 4.24. The van der Waals surface area contributed by atoms with Gasteiger partial charge in [0.05, 0.1) is 5.52 Å². The van der Waals surface area contributed by atoms with Crippen LogP contribution in [0, 0.1) is 0 Å². The maximum absolute atomic E-state index is 13.3. The molecular weight excluding hydrogens is 334 g/mol. The van der Waals surface area contributed by atoms with E-state index in [2.05, 4.69) is 16.9 Å². The van der Waals surface area contributed by atoms with Gasteiger partial charge in [-0.05, 0) is 24.7 Å². The third-order valence-electron chi connectivity index (χ3n) is 4.80. The minimum atomic E-state index is -0.464. The van der Waals surface area contributed by atoms with Crippen molar-refractivity contribution in [2.75, 3.05) is 18.1 Å². The molecule has 0 atom stereocenters. The van der Waals surface area contributed by atoms with Crippen LogP contribution in [0.1, 0.15) is 49.5 Å². The van der Waals surface area contributed by atoms with E-state index < -0.39 is 5.69 Å². The zero-order valence-corrected chi connectivity index (χ0v) is 15.5. The lowest BCUT2D eigenvalue weighted by Gasteiger charge is -2.34. The zero-order valence-electron chi connectivity index (χ0n) is 14.7. The van der Waals surface area contributed by atoms with Crippen molar-refractivity contribution < 1.29 is 4.79 Å². The third-order valence-corrected chi connectivity index (χ3v) is 5.68. The second kappa shape index (κ2) is 8.52. The van der Waals surface area contributed by atoms with E-state index in [1.54, 1.807) is 0 Å². The van der Waals surface area contributed by atoms with Crippen LogP contribution in [0.25, 0.3) is 10.9 Å². The molecule has 1 aromatic heterocycles. The van der Waals surface area contributed by atoms with Crippen LogP contribution in [0.3, 0.4) is 0 Å². The van der Waals surface area contributed by atoms with Crippen molar-refractivity contribution in [3.8, 4) is 0 Å². The summed E-state index contributed by atoms with van der Waals surface area (Å²) in [6.07, 6.45) is 5.67. The highest BCUT2D eigenvalue weighted by Gasteiger charge is 2.28. The molecule has 0 unspecified atom stereocenters. The van der Waals surface area contributed by atoms with Crippen molar-refractivity contribution in [2.45, 2.75) is 45.1 Å². The molecule has 1 saturated carbocycles. The smallest absolute Gasteiger partial charge is 0.333 e. The number of thioether (sulfide) groups is 1. The number of rotatable bonds is 6. The first-order valence-corrected chi connectivity index (χ1v) is 10.2. The van der Waals surface area contributed by atoms with E-state index >= 15 is 0 Å². The zero-order chi connectivity index (χ0) is 17.6. The fourth-order valence-corrected chi connectivity index (χ4v) is 4.17. The molecule has 25 heavy (non-hydrogen) atoms. The van der Waals surface area contributed by atoms with E-state index in [0.29, 0.717) is 12.1 Å². The Balaban J connectivity index is 1.94. The maximum atomic E-state index is 13.3. The quantitative estimate of drug-likeness (QED) is 0.802. The van der Waals surface area contributed by atoms with Crippen molar-refractivity contribution in [2.24, 2.45) is 0 Å². The average Bonchev–Trinajstić information content (AvgIpc) is 2.65. The van der Waals surface area contributed by atoms with Gasteiger partial charge in [-0.2, -0.15) is 16.7 Å². The predicted molar refractivity (Wildman–Crippen MR) is 103 cm³/mol. The molecule has 2 aromatic rings. The normalized spacial score (nSPS) is 15.4. The molecule has 0 bridgehead atoms. The van der Waals surface area contributed by atoms with Gasteiger partial charge in [-0.3, -0.25) is 4.79 Å². The Morgan fingerprint density at radius 1 is 1.28 bits per heavy atom. The molecule has 0 aliphatic heterocycles. The van der Waals surface area contributed by atoms with E-state index in [1.807, 2.05) is 40.9 Å². The molecular formula is C19H25N3O2S. The number of nitrogens with one attached hydrogen (secondary N) is 1. The predicted octanol–water partition coefficient (Wildman–Crippen LogP) is 3.45. The van der Waals surface area contributed by atoms with Gasteiger partial charge in [-0.25, -0.2) is 4.79 Å². The van der Waals surface area contributed by atoms with Gasteiger partial charge in [0.1, 0.15) is 5.69 Å². The number of H-pyrrole nitrogens is 1. The number of hydrogen-bond donors (Lipinski definition) is 1. The van der Waals surface area contributed by atoms with E-state index in [1.165, 1.54) is 19.3 Å². The summed E-state index contributed by atoms with van der Waals surface area (Å²) >= 11 is 1.84. The van der Waals surface area contributed by atoms with Gasteiger partial charge in [0.15, 0.2) is 0 Å². The van der Waals surface area contributed by atoms with Crippen LogP contribution in [0.5, 0.6) is 0 Å². The first-order chi connectivity index (χ1) is 12.2. The van der Waals surface area contributed by atoms with E-state index in [-0.39, 0.29) is 17.6 Å². The van der Waals surface area contributed by atoms with Crippen LogP contribution in [0.15, 0.2) is 29.1 Å². The molecule has 6 heteroatoms. The highest BCUT2D eigenvalue weighted by molar-refractivity contribution is 7.99. The molecule has 1 aromatic carbocycles. The monoisotopic (exact) mass is 359 g/mol. The Hall–Kier alpha value is -1.82. The first-order valence-electron chi connectivity index (χ1n) is 9.08. The highest BCUT2D eigenvalue weighted by Crippen LogP contribution is 2.25. The number of para-hydroxylation sites is 1. The summed E-state index contributed by atoms with van der Waals surface area (Å²) in [7, 11) is 0. The lowest BCUT2D eigenvalue weighted by molar-refractivity contribution is 0.0646. The van der Waals surface area contributed by atoms with Crippen LogP contribution in [0.2, 0.25) is 0 Å². The molecule has 1 N–H and O–H groups in total. The van der Waals surface area contributed by atoms with Crippen molar-refractivity contribution in [3.63, 3.8) is 0 Å². The second-order valence-electron chi connectivity index (χ2n) is 6.42. The lowest BCUT2D eigenvalue weighted by Crippen LogP contribution is -2.43. The fourth-order valence-electron chi connectivity index (χ4n) is 3.55. The van der Waals surface area contributed by atoms with Crippen LogP contribution >= 0.6 is 11.8 Å². The lowest BCUT2D eigenvalue weighted by atomic mass is 9.94. The summed E-state index contributed by atoms with van der Waals surface area (Å²) in [6, 6.07) is 7.65. The number of hydrogen-bond acceptors (Lipinski definition) is 4. The molecule has 5 nitrogen and oxygen atoms in total. The Kier molecular flexibility index (Phi) is 6.13. The largest absolute Gasteiger partial charge is 0.346 e. The number of aromatic nitrogens is 2. The Bertz CT molecular complexity index is 784. The second-order valence-corrected chi connectivity index (χ2v) is 7.82. The van der Waals surface area contributed by atoms with Crippen molar-refractivity contribution >= 4 is 28.6 Å². The fraction of sp³-hybridized carbons (Fsp3) is 0.526. The first kappa shape index (κ1) is 18.0. The molecule has 3 rings (SSSR count). The number of amides is 1. The van der Waals surface area contributed by atoms with Crippen molar-refractivity contribution in [1.29, 1.82) is 0 Å². The van der Waals surface area contributed by atoms with Gasteiger partial charge in [0.25, 0.3) is 5.91 Å². The molecule has 1 aliphatic carbocycles. The summed E-state index contributed by atoms with van der Waals surface area (Å²) in [6.45, 7) is 2.84. The standard InChI is InChI=1S/C19H25N3O2S/c1-2-25-13-12-22(14-8-4-3-5-9-14)18(23)17-15-10-6-7-11-16(15)20-19(24)21-17/h6-7,10-11,14H,2-5,8-9,12-13H2,1H3,(H,20,21,24). The van der Waals surface area contributed by atoms with Gasteiger partial charge in [-0.1, -0.05) is 44.4 Å². The van der Waals surface area contributed by atoms with Gasteiger partial charge < -0.3 is 9.88 Å². The van der Waals surface area contributed by atoms with E-state index in [4.69, 9.17) is 0 Å². The summed E-state index contributed by atoms with van der Waals surface area (Å²) in [5, 5.41) is 0.719. The Labute approximate surface area is 152 Å². The van der Waals surface area contributed by atoms with Crippen LogP contribution < -0.4 is 5.69 Å². The van der Waals surface area contributed by atoms with Crippen LogP contribution in [0.4, 0.5) is 0 Å². The number of aromatic amines is 1. The van der Waals surface area contributed by atoms with E-state index in [0.717, 1.165) is 29.7 Å². The number of carbonyl (C=O) groups excluding carboxylic acids is 1. The number of carbonyl (C=O) groups is 1. The Morgan fingerprint density at radius 2 is 2.04 bits per heavy atom. The number of nitrogens with zero attached hydrogens (tertiary/aromatic N) is 2. The van der Waals surface area contributed by atoms with E-state index in [9.17, 15) is 9.59 Å². The summed E-state index contributed by atoms with van der Waals surface area (Å²) in [5.41, 5.74) is 0.484. The molecule has 0 spiro atoms. The van der Waals surface area contributed by atoms with Crippen molar-refractivity contribution in [3.05, 3.63) is 40.4 Å². The Morgan fingerprint density at radius 3 is 2.80 bits per heavy atom. The summed E-state index contributed by atoms with van der Waals surface area (Å²) in [5.74, 6) is 1.85. The van der Waals surface area contributed by atoms with Gasteiger partial charge in [-0.15, -0.1) is 0 Å². The van der Waals surface area contributed by atoms with Crippen LogP contribution in [-0.2, 0) is 0 Å². The molecule has 1 amide bonds. The minimum absolute atomic E-state index is 0.106. The topological polar surface area (TPSA) is 66.1 Å². The van der Waals surface area contributed by atoms with Crippen LogP contribution in [-0.4, -0.2) is 44.9 Å². The minimum Gasteiger partial charge on any atom is -0.333 e. The maximum Gasteiger partial charge on any atom is 0.346 e.